The second kappa shape index (κ2) is 8.42. The molecule has 2 aromatic carbocycles. The van der Waals surface area contributed by atoms with Crippen molar-refractivity contribution in [2.75, 3.05) is 0 Å². The third kappa shape index (κ3) is 4.33. The van der Waals surface area contributed by atoms with E-state index in [1.807, 2.05) is 26.2 Å². The lowest BCUT2D eigenvalue weighted by Gasteiger charge is -2.08. The van der Waals surface area contributed by atoms with E-state index in [9.17, 15) is 0 Å². The molecule has 0 atom stereocenters. The molecular weight excluding hydrogens is 346 g/mol. The molecule has 0 saturated carbocycles. The highest BCUT2D eigenvalue weighted by molar-refractivity contribution is 5.86. The zero-order valence-corrected chi connectivity index (χ0v) is 17.7. The number of nitrogens with zero attached hydrogens (tertiary/aromatic N) is 3. The molecule has 0 fully saturated rings. The number of benzene rings is 2. The first kappa shape index (κ1) is 19.9. The van der Waals surface area contributed by atoms with Crippen LogP contribution in [0.3, 0.4) is 0 Å². The van der Waals surface area contributed by atoms with Gasteiger partial charge in [-0.15, -0.1) is 0 Å². The average Bonchev–Trinajstić information content (AvgIpc) is 3.19. The van der Waals surface area contributed by atoms with Crippen molar-refractivity contribution < 1.29 is 4.52 Å². The van der Waals surface area contributed by atoms with Gasteiger partial charge in [-0.05, 0) is 55.5 Å². The Morgan fingerprint density at radius 2 is 1.68 bits per heavy atom. The summed E-state index contributed by atoms with van der Waals surface area (Å²) in [4.78, 5) is 4.61. The molecule has 2 heterocycles. The third-order valence-electron chi connectivity index (χ3n) is 4.43. The Morgan fingerprint density at radius 3 is 2.29 bits per heavy atom. The average molecular weight is 376 g/mol. The van der Waals surface area contributed by atoms with E-state index in [2.05, 4.69) is 78.8 Å². The molecule has 28 heavy (non-hydrogen) atoms. The van der Waals surface area contributed by atoms with Gasteiger partial charge in [0.05, 0.1) is 23.1 Å². The molecule has 0 radical (unpaired) electrons. The largest absolute Gasteiger partial charge is 0.361 e. The maximum absolute atomic E-state index is 5.34. The van der Waals surface area contributed by atoms with Crippen molar-refractivity contribution in [2.24, 2.45) is 5.92 Å². The van der Waals surface area contributed by atoms with E-state index in [-0.39, 0.29) is 0 Å². The van der Waals surface area contributed by atoms with Gasteiger partial charge in [0.2, 0.25) is 0 Å². The maximum Gasteiger partial charge on any atom is 0.141 e. The zero-order chi connectivity index (χ0) is 20.3. The van der Waals surface area contributed by atoms with Gasteiger partial charge in [-0.3, -0.25) is 0 Å². The van der Waals surface area contributed by atoms with Crippen molar-refractivity contribution >= 4 is 11.0 Å². The number of aromatic nitrogens is 3. The van der Waals surface area contributed by atoms with Crippen LogP contribution in [-0.2, 0) is 6.54 Å². The van der Waals surface area contributed by atoms with Crippen molar-refractivity contribution in [3.63, 3.8) is 0 Å². The Labute approximate surface area is 167 Å². The molecule has 4 aromatic rings. The van der Waals surface area contributed by atoms with Gasteiger partial charge in [-0.2, -0.15) is 0 Å². The molecule has 0 N–H and O–H groups in total. The molecule has 146 valence electrons. The lowest BCUT2D eigenvalue weighted by atomic mass is 10.0. The highest BCUT2D eigenvalue weighted by Crippen LogP contribution is 2.31. The molecule has 4 nitrogen and oxygen atoms in total. The monoisotopic (exact) mass is 375 g/mol. The Bertz CT molecular complexity index is 1040. The fourth-order valence-corrected chi connectivity index (χ4v) is 3.28. The minimum Gasteiger partial charge on any atom is -0.361 e. The second-order valence-electron chi connectivity index (χ2n) is 7.95. The van der Waals surface area contributed by atoms with Crippen molar-refractivity contribution in [2.45, 2.75) is 48.1 Å². The van der Waals surface area contributed by atoms with Crippen LogP contribution in [0.5, 0.6) is 0 Å². The molecule has 0 aliphatic carbocycles. The first-order valence-electron chi connectivity index (χ1n) is 9.79. The lowest BCUT2D eigenvalue weighted by Crippen LogP contribution is -1.98. The zero-order valence-electron chi connectivity index (χ0n) is 17.7. The van der Waals surface area contributed by atoms with Gasteiger partial charge in [0.15, 0.2) is 0 Å². The maximum atomic E-state index is 5.34. The van der Waals surface area contributed by atoms with Gasteiger partial charge < -0.3 is 9.09 Å². The predicted octanol–water partition coefficient (Wildman–Crippen LogP) is 6.33. The summed E-state index contributed by atoms with van der Waals surface area (Å²) in [6.07, 6.45) is 1.92. The highest BCUT2D eigenvalue weighted by Gasteiger charge is 2.15. The Kier molecular flexibility index (Phi) is 5.98. The number of rotatable bonds is 3. The van der Waals surface area contributed by atoms with Crippen LogP contribution in [0.25, 0.3) is 22.2 Å². The van der Waals surface area contributed by atoms with Crippen LogP contribution in [0, 0.1) is 26.7 Å². The van der Waals surface area contributed by atoms with Crippen molar-refractivity contribution in [1.29, 1.82) is 0 Å². The molecule has 0 saturated heterocycles. The van der Waals surface area contributed by atoms with E-state index in [0.717, 1.165) is 51.6 Å². The van der Waals surface area contributed by atoms with Crippen LogP contribution < -0.4 is 0 Å². The molecule has 0 aliphatic rings. The van der Waals surface area contributed by atoms with Crippen LogP contribution >= 0.6 is 0 Å². The van der Waals surface area contributed by atoms with E-state index < -0.39 is 0 Å². The molecule has 0 spiro atoms. The minimum atomic E-state index is 0.807. The Hall–Kier alpha value is -2.88. The van der Waals surface area contributed by atoms with E-state index in [0.29, 0.717) is 0 Å². The van der Waals surface area contributed by atoms with E-state index in [1.165, 1.54) is 5.56 Å². The predicted molar refractivity (Wildman–Crippen MR) is 115 cm³/mol. The SMILES string of the molecule is CC(C)C.Cc1noc(C)c1-c1cc(C)c2ncn(Cc3ccccc3)c2c1. The van der Waals surface area contributed by atoms with Crippen molar-refractivity contribution in [3.05, 3.63) is 71.4 Å². The highest BCUT2D eigenvalue weighted by atomic mass is 16.5. The molecular formula is C24H29N3O. The quantitative estimate of drug-likeness (QED) is 0.420. The normalized spacial score (nSPS) is 11.0. The van der Waals surface area contributed by atoms with Crippen LogP contribution in [0.2, 0.25) is 0 Å². The summed E-state index contributed by atoms with van der Waals surface area (Å²) < 4.78 is 7.53. The molecule has 0 amide bonds. The van der Waals surface area contributed by atoms with Crippen LogP contribution in [-0.4, -0.2) is 14.7 Å². The van der Waals surface area contributed by atoms with E-state index >= 15 is 0 Å². The first-order valence-corrected chi connectivity index (χ1v) is 9.79. The summed E-state index contributed by atoms with van der Waals surface area (Å²) in [5.41, 5.74) is 7.72. The van der Waals surface area contributed by atoms with Crippen molar-refractivity contribution in [3.8, 4) is 11.1 Å². The summed E-state index contributed by atoms with van der Waals surface area (Å²) in [5.74, 6) is 1.68. The van der Waals surface area contributed by atoms with Gasteiger partial charge in [0.25, 0.3) is 0 Å². The van der Waals surface area contributed by atoms with Crippen LogP contribution in [0.15, 0.2) is 53.3 Å². The van der Waals surface area contributed by atoms with Gasteiger partial charge in [0, 0.05) is 12.1 Å². The molecule has 0 bridgehead atoms. The van der Waals surface area contributed by atoms with Crippen molar-refractivity contribution in [1.82, 2.24) is 14.7 Å². The number of fused-ring (bicyclic) bond motifs is 1. The van der Waals surface area contributed by atoms with Crippen LogP contribution in [0.1, 0.15) is 43.4 Å². The Balaban J connectivity index is 0.000000516. The standard InChI is InChI=1S/C20H19N3O.C4H10/c1-13-9-17(19-14(2)22-24-15(19)3)10-18-20(13)21-12-23(18)11-16-7-5-4-6-8-16;1-4(2)3/h4-10,12H,11H2,1-3H3;4H,1-3H3. The molecule has 4 heteroatoms. The smallest absolute Gasteiger partial charge is 0.141 e. The Morgan fingerprint density at radius 1 is 1.00 bits per heavy atom. The lowest BCUT2D eigenvalue weighted by molar-refractivity contribution is 0.393. The fourth-order valence-electron chi connectivity index (χ4n) is 3.28. The third-order valence-corrected chi connectivity index (χ3v) is 4.43. The number of hydrogen-bond donors (Lipinski definition) is 0. The molecule has 2 aromatic heterocycles. The first-order chi connectivity index (χ1) is 13.4. The number of aryl methyl sites for hydroxylation is 3. The topological polar surface area (TPSA) is 43.9 Å². The van der Waals surface area contributed by atoms with Gasteiger partial charge in [-0.25, -0.2) is 4.98 Å². The second-order valence-corrected chi connectivity index (χ2v) is 7.95. The summed E-state index contributed by atoms with van der Waals surface area (Å²) in [6, 6.07) is 14.8. The molecule has 4 rings (SSSR count). The van der Waals surface area contributed by atoms with Crippen LogP contribution in [0.4, 0.5) is 0 Å². The number of imidazole rings is 1. The van der Waals surface area contributed by atoms with E-state index in [1.54, 1.807) is 0 Å². The minimum absolute atomic E-state index is 0.807. The fraction of sp³-hybridized carbons (Fsp3) is 0.333. The van der Waals surface area contributed by atoms with E-state index in [4.69, 9.17) is 4.52 Å². The number of hydrogen-bond acceptors (Lipinski definition) is 3. The van der Waals surface area contributed by atoms with Gasteiger partial charge in [0.1, 0.15) is 5.76 Å². The summed E-state index contributed by atoms with van der Waals surface area (Å²) >= 11 is 0. The molecule has 0 unspecified atom stereocenters. The summed E-state index contributed by atoms with van der Waals surface area (Å²) in [7, 11) is 0. The van der Waals surface area contributed by atoms with Gasteiger partial charge >= 0.3 is 0 Å². The van der Waals surface area contributed by atoms with Gasteiger partial charge in [-0.1, -0.05) is 56.3 Å². The summed E-state index contributed by atoms with van der Waals surface area (Å²) in [6.45, 7) is 13.3. The molecule has 0 aliphatic heterocycles. The summed E-state index contributed by atoms with van der Waals surface area (Å²) in [5, 5.41) is 4.08.